The van der Waals surface area contributed by atoms with Crippen molar-refractivity contribution in [3.63, 3.8) is 0 Å². The number of likely N-dealkylation sites (tertiary alicyclic amines) is 2. The molecule has 4 rings (SSSR count). The van der Waals surface area contributed by atoms with Crippen LogP contribution in [0.3, 0.4) is 0 Å². The number of rotatable bonds is 6. The zero-order chi connectivity index (χ0) is 20.1. The number of piperidine rings is 1. The molecule has 4 heteroatoms. The highest BCUT2D eigenvalue weighted by molar-refractivity contribution is 5.76. The van der Waals surface area contributed by atoms with E-state index in [1.54, 1.807) is 0 Å². The first-order chi connectivity index (χ1) is 14.1. The molecule has 1 amide bonds. The van der Waals surface area contributed by atoms with Gasteiger partial charge in [0.1, 0.15) is 5.75 Å². The highest BCUT2D eigenvalue weighted by Gasteiger charge is 2.42. The van der Waals surface area contributed by atoms with Crippen molar-refractivity contribution in [3.05, 3.63) is 65.7 Å². The third-order valence-electron chi connectivity index (χ3n) is 6.35. The van der Waals surface area contributed by atoms with Crippen molar-refractivity contribution in [3.8, 4) is 5.75 Å². The predicted molar refractivity (Wildman–Crippen MR) is 116 cm³/mol. The quantitative estimate of drug-likeness (QED) is 0.736. The number of hydrogen-bond donors (Lipinski definition) is 0. The van der Waals surface area contributed by atoms with Crippen molar-refractivity contribution in [2.45, 2.75) is 39.2 Å². The van der Waals surface area contributed by atoms with Crippen LogP contribution in [0.1, 0.15) is 36.8 Å². The van der Waals surface area contributed by atoms with E-state index in [2.05, 4.69) is 41.0 Å². The van der Waals surface area contributed by atoms with Crippen LogP contribution in [0.25, 0.3) is 0 Å². The number of benzene rings is 2. The Bertz CT molecular complexity index is 823. The van der Waals surface area contributed by atoms with Crippen LogP contribution in [0.4, 0.5) is 0 Å². The number of nitrogens with zero attached hydrogens (tertiary/aromatic N) is 2. The van der Waals surface area contributed by atoms with E-state index in [0.29, 0.717) is 13.0 Å². The van der Waals surface area contributed by atoms with Gasteiger partial charge < -0.3 is 9.64 Å². The number of carbonyl (C=O) groups is 1. The molecule has 2 aliphatic rings. The molecule has 1 unspecified atom stereocenters. The van der Waals surface area contributed by atoms with Crippen LogP contribution in [0.5, 0.6) is 5.75 Å². The van der Waals surface area contributed by atoms with E-state index in [1.165, 1.54) is 24.0 Å². The van der Waals surface area contributed by atoms with Crippen LogP contribution in [-0.4, -0.2) is 48.5 Å². The largest absolute Gasteiger partial charge is 0.493 e. The van der Waals surface area contributed by atoms with Gasteiger partial charge in [-0.1, -0.05) is 48.0 Å². The molecule has 0 radical (unpaired) electrons. The molecule has 2 aliphatic heterocycles. The molecule has 0 aromatic heterocycles. The van der Waals surface area contributed by atoms with Gasteiger partial charge in [-0.05, 0) is 50.4 Å². The summed E-state index contributed by atoms with van der Waals surface area (Å²) in [5.74, 6) is 1.06. The number of para-hydroxylation sites is 1. The number of ether oxygens (including phenoxy) is 1. The summed E-state index contributed by atoms with van der Waals surface area (Å²) in [5, 5.41) is 0. The Morgan fingerprint density at radius 2 is 1.90 bits per heavy atom. The van der Waals surface area contributed by atoms with Crippen LogP contribution in [-0.2, 0) is 11.3 Å². The highest BCUT2D eigenvalue weighted by atomic mass is 16.5. The second-order valence-corrected chi connectivity index (χ2v) is 8.78. The van der Waals surface area contributed by atoms with E-state index in [1.807, 2.05) is 30.3 Å². The summed E-state index contributed by atoms with van der Waals surface area (Å²) in [6, 6.07) is 18.6. The van der Waals surface area contributed by atoms with Crippen LogP contribution in [0, 0.1) is 12.3 Å². The standard InChI is InChI=1S/C25H32N2O2/c1-21-7-5-8-22(17-21)18-26-14-6-12-25(19-26)13-15-27(20-25)24(28)11-16-29-23-9-3-2-4-10-23/h2-5,7-10,17H,6,11-16,18-20H2,1H3. The lowest BCUT2D eigenvalue weighted by Gasteiger charge is -2.40. The smallest absolute Gasteiger partial charge is 0.226 e. The van der Waals surface area contributed by atoms with Gasteiger partial charge in [-0.2, -0.15) is 0 Å². The number of aryl methyl sites for hydroxylation is 1. The normalized spacial score (nSPS) is 22.2. The minimum Gasteiger partial charge on any atom is -0.493 e. The molecule has 0 aliphatic carbocycles. The van der Waals surface area contributed by atoms with Gasteiger partial charge in [-0.15, -0.1) is 0 Å². The fraction of sp³-hybridized carbons (Fsp3) is 0.480. The fourth-order valence-electron chi connectivity index (χ4n) is 4.93. The first-order valence-corrected chi connectivity index (χ1v) is 10.9. The van der Waals surface area contributed by atoms with Gasteiger partial charge >= 0.3 is 0 Å². The number of carbonyl (C=O) groups excluding carboxylic acids is 1. The van der Waals surface area contributed by atoms with E-state index >= 15 is 0 Å². The van der Waals surface area contributed by atoms with Crippen LogP contribution < -0.4 is 4.74 Å². The lowest BCUT2D eigenvalue weighted by molar-refractivity contribution is -0.131. The van der Waals surface area contributed by atoms with Crippen LogP contribution >= 0.6 is 0 Å². The zero-order valence-corrected chi connectivity index (χ0v) is 17.5. The van der Waals surface area contributed by atoms with Crippen molar-refractivity contribution in [1.29, 1.82) is 0 Å². The average Bonchev–Trinajstić information content (AvgIpc) is 3.12. The first-order valence-electron chi connectivity index (χ1n) is 10.9. The summed E-state index contributed by atoms with van der Waals surface area (Å²) in [4.78, 5) is 17.4. The zero-order valence-electron chi connectivity index (χ0n) is 17.5. The molecule has 2 saturated heterocycles. The molecule has 1 atom stereocenters. The maximum Gasteiger partial charge on any atom is 0.226 e. The summed E-state index contributed by atoms with van der Waals surface area (Å²) >= 11 is 0. The maximum absolute atomic E-state index is 12.7. The van der Waals surface area contributed by atoms with Gasteiger partial charge in [-0.25, -0.2) is 0 Å². The summed E-state index contributed by atoms with van der Waals surface area (Å²) in [6.07, 6.45) is 4.05. The molecule has 2 aromatic carbocycles. The number of amides is 1. The molecule has 0 saturated carbocycles. The molecular formula is C25H32N2O2. The first kappa shape index (κ1) is 20.0. The Morgan fingerprint density at radius 1 is 1.03 bits per heavy atom. The van der Waals surface area contributed by atoms with Crippen molar-refractivity contribution in [2.75, 3.05) is 32.8 Å². The van der Waals surface area contributed by atoms with Gasteiger partial charge in [-0.3, -0.25) is 9.69 Å². The Morgan fingerprint density at radius 3 is 2.72 bits per heavy atom. The van der Waals surface area contributed by atoms with Crippen LogP contribution in [0.2, 0.25) is 0 Å². The highest BCUT2D eigenvalue weighted by Crippen LogP contribution is 2.39. The van der Waals surface area contributed by atoms with E-state index in [9.17, 15) is 4.79 Å². The molecule has 2 aromatic rings. The molecule has 1 spiro atoms. The van der Waals surface area contributed by atoms with E-state index in [-0.39, 0.29) is 11.3 Å². The molecule has 2 fully saturated rings. The monoisotopic (exact) mass is 392 g/mol. The minimum absolute atomic E-state index is 0.230. The minimum atomic E-state index is 0.230. The SMILES string of the molecule is Cc1cccc(CN2CCCC3(CCN(C(=O)CCOc4ccccc4)C3)C2)c1. The Kier molecular flexibility index (Phi) is 6.19. The van der Waals surface area contributed by atoms with Gasteiger partial charge in [0.05, 0.1) is 13.0 Å². The van der Waals surface area contributed by atoms with Crippen molar-refractivity contribution < 1.29 is 9.53 Å². The molecule has 0 N–H and O–H groups in total. The van der Waals surface area contributed by atoms with E-state index in [0.717, 1.165) is 44.9 Å². The Hall–Kier alpha value is -2.33. The summed E-state index contributed by atoms with van der Waals surface area (Å²) < 4.78 is 5.71. The summed E-state index contributed by atoms with van der Waals surface area (Å²) in [5.41, 5.74) is 2.99. The molecule has 29 heavy (non-hydrogen) atoms. The number of hydrogen-bond acceptors (Lipinski definition) is 3. The molecule has 4 nitrogen and oxygen atoms in total. The van der Waals surface area contributed by atoms with Gasteiger partial charge in [0.2, 0.25) is 5.91 Å². The summed E-state index contributed by atoms with van der Waals surface area (Å²) in [6.45, 7) is 7.68. The topological polar surface area (TPSA) is 32.8 Å². The van der Waals surface area contributed by atoms with Gasteiger partial charge in [0.25, 0.3) is 0 Å². The van der Waals surface area contributed by atoms with Crippen molar-refractivity contribution >= 4 is 5.91 Å². The second kappa shape index (κ2) is 9.00. The Labute approximate surface area is 174 Å². The third-order valence-corrected chi connectivity index (χ3v) is 6.35. The Balaban J connectivity index is 1.27. The lowest BCUT2D eigenvalue weighted by atomic mass is 9.79. The molecule has 2 heterocycles. The fourth-order valence-corrected chi connectivity index (χ4v) is 4.93. The van der Waals surface area contributed by atoms with Gasteiger partial charge in [0.15, 0.2) is 0 Å². The third kappa shape index (κ3) is 5.18. The molecule has 0 bridgehead atoms. The van der Waals surface area contributed by atoms with Crippen LogP contribution in [0.15, 0.2) is 54.6 Å². The van der Waals surface area contributed by atoms with E-state index in [4.69, 9.17) is 4.74 Å². The van der Waals surface area contributed by atoms with Gasteiger partial charge in [0, 0.05) is 31.6 Å². The molecular weight excluding hydrogens is 360 g/mol. The lowest BCUT2D eigenvalue weighted by Crippen LogP contribution is -2.45. The molecule has 154 valence electrons. The average molecular weight is 393 g/mol. The summed E-state index contributed by atoms with van der Waals surface area (Å²) in [7, 11) is 0. The second-order valence-electron chi connectivity index (χ2n) is 8.78. The van der Waals surface area contributed by atoms with Crippen molar-refractivity contribution in [2.24, 2.45) is 5.41 Å². The maximum atomic E-state index is 12.7. The van der Waals surface area contributed by atoms with E-state index < -0.39 is 0 Å². The predicted octanol–water partition coefficient (Wildman–Crippen LogP) is 4.28. The van der Waals surface area contributed by atoms with Crippen molar-refractivity contribution in [1.82, 2.24) is 9.80 Å².